The van der Waals surface area contributed by atoms with Crippen molar-refractivity contribution in [1.82, 2.24) is 4.90 Å². The van der Waals surface area contributed by atoms with Crippen molar-refractivity contribution in [3.05, 3.63) is 35.9 Å². The van der Waals surface area contributed by atoms with Crippen LogP contribution in [0.3, 0.4) is 0 Å². The molecule has 1 saturated heterocycles. The number of hydrogen-bond acceptors (Lipinski definition) is 3. The zero-order valence-electron chi connectivity index (χ0n) is 12.3. The Labute approximate surface area is 131 Å². The lowest BCUT2D eigenvalue weighted by molar-refractivity contribution is -0.132. The van der Waals surface area contributed by atoms with Crippen molar-refractivity contribution in [3.8, 4) is 0 Å². The van der Waals surface area contributed by atoms with Gasteiger partial charge in [0.05, 0.1) is 11.1 Å². The molecule has 0 saturated carbocycles. The van der Waals surface area contributed by atoms with Gasteiger partial charge in [0.2, 0.25) is 5.91 Å². The van der Waals surface area contributed by atoms with E-state index in [4.69, 9.17) is 22.7 Å². The SMILES string of the molecule is CN(CC1CCCCO1)C(=O)C(C(N)=S)c1ccccc1. The van der Waals surface area contributed by atoms with E-state index in [1.54, 1.807) is 11.9 Å². The van der Waals surface area contributed by atoms with Crippen molar-refractivity contribution in [2.45, 2.75) is 31.3 Å². The van der Waals surface area contributed by atoms with Crippen molar-refractivity contribution in [2.24, 2.45) is 5.73 Å². The molecule has 0 radical (unpaired) electrons. The molecule has 0 bridgehead atoms. The minimum absolute atomic E-state index is 0.0668. The first kappa shape index (κ1) is 15.9. The van der Waals surface area contributed by atoms with Gasteiger partial charge in [-0.2, -0.15) is 0 Å². The third-order valence-electron chi connectivity index (χ3n) is 3.79. The maximum atomic E-state index is 12.7. The van der Waals surface area contributed by atoms with Gasteiger partial charge in [0.15, 0.2) is 0 Å². The highest BCUT2D eigenvalue weighted by atomic mass is 32.1. The molecule has 0 aromatic heterocycles. The lowest BCUT2D eigenvalue weighted by Gasteiger charge is -2.29. The van der Waals surface area contributed by atoms with E-state index < -0.39 is 5.92 Å². The lowest BCUT2D eigenvalue weighted by Crippen LogP contribution is -2.42. The first-order valence-electron chi connectivity index (χ1n) is 7.30. The predicted molar refractivity (Wildman–Crippen MR) is 87.2 cm³/mol. The summed E-state index contributed by atoms with van der Waals surface area (Å²) in [7, 11) is 1.79. The second-order valence-corrected chi connectivity index (χ2v) is 5.92. The topological polar surface area (TPSA) is 55.6 Å². The minimum Gasteiger partial charge on any atom is -0.392 e. The standard InChI is InChI=1S/C16H22N2O2S/c1-18(11-13-9-5-6-10-20-13)16(19)14(15(17)21)12-7-3-2-4-8-12/h2-4,7-8,13-14H,5-6,9-11H2,1H3,(H2,17,21). The average molecular weight is 306 g/mol. The normalized spacial score (nSPS) is 19.8. The number of amides is 1. The molecular weight excluding hydrogens is 284 g/mol. The highest BCUT2D eigenvalue weighted by molar-refractivity contribution is 7.80. The Morgan fingerprint density at radius 3 is 2.71 bits per heavy atom. The molecule has 2 rings (SSSR count). The van der Waals surface area contributed by atoms with E-state index >= 15 is 0 Å². The van der Waals surface area contributed by atoms with E-state index in [0.29, 0.717) is 6.54 Å². The molecule has 1 aromatic rings. The van der Waals surface area contributed by atoms with E-state index in [1.165, 1.54) is 0 Å². The molecule has 0 aliphatic carbocycles. The van der Waals surface area contributed by atoms with E-state index in [0.717, 1.165) is 31.4 Å². The summed E-state index contributed by atoms with van der Waals surface area (Å²) in [6, 6.07) is 9.44. The summed E-state index contributed by atoms with van der Waals surface area (Å²) in [4.78, 5) is 14.6. The van der Waals surface area contributed by atoms with E-state index in [-0.39, 0.29) is 17.0 Å². The number of nitrogens with two attached hydrogens (primary N) is 1. The van der Waals surface area contributed by atoms with Crippen LogP contribution in [0, 0.1) is 0 Å². The number of hydrogen-bond donors (Lipinski definition) is 1. The second-order valence-electron chi connectivity index (χ2n) is 5.45. The van der Waals surface area contributed by atoms with Crippen LogP contribution in [-0.2, 0) is 9.53 Å². The first-order chi connectivity index (χ1) is 10.1. The number of ether oxygens (including phenoxy) is 1. The lowest BCUT2D eigenvalue weighted by atomic mass is 9.97. The minimum atomic E-state index is -0.560. The van der Waals surface area contributed by atoms with E-state index in [9.17, 15) is 4.79 Å². The molecule has 2 N–H and O–H groups in total. The van der Waals surface area contributed by atoms with Gasteiger partial charge in [-0.3, -0.25) is 4.79 Å². The Morgan fingerprint density at radius 2 is 2.14 bits per heavy atom. The summed E-state index contributed by atoms with van der Waals surface area (Å²) >= 11 is 5.10. The van der Waals surface area contributed by atoms with Crippen LogP contribution in [-0.4, -0.2) is 42.1 Å². The van der Waals surface area contributed by atoms with Gasteiger partial charge in [-0.15, -0.1) is 0 Å². The average Bonchev–Trinajstić information content (AvgIpc) is 2.49. The molecule has 1 aliphatic heterocycles. The molecule has 2 atom stereocenters. The number of carbonyl (C=O) groups excluding carboxylic acids is 1. The fourth-order valence-electron chi connectivity index (χ4n) is 2.64. The van der Waals surface area contributed by atoms with Crippen LogP contribution in [0.25, 0.3) is 0 Å². The number of benzene rings is 1. The van der Waals surface area contributed by atoms with Crippen LogP contribution in [0.4, 0.5) is 0 Å². The van der Waals surface area contributed by atoms with Crippen molar-refractivity contribution in [2.75, 3.05) is 20.2 Å². The van der Waals surface area contributed by atoms with Crippen molar-refractivity contribution in [1.29, 1.82) is 0 Å². The molecular formula is C16H22N2O2S. The Balaban J connectivity index is 2.05. The molecule has 4 nitrogen and oxygen atoms in total. The summed E-state index contributed by atoms with van der Waals surface area (Å²) in [5.41, 5.74) is 6.63. The number of carbonyl (C=O) groups is 1. The molecule has 21 heavy (non-hydrogen) atoms. The molecule has 1 heterocycles. The Hall–Kier alpha value is -1.46. The zero-order valence-corrected chi connectivity index (χ0v) is 13.1. The van der Waals surface area contributed by atoms with Gasteiger partial charge >= 0.3 is 0 Å². The number of thiocarbonyl (C=S) groups is 1. The largest absolute Gasteiger partial charge is 0.392 e. The molecule has 1 aromatic carbocycles. The molecule has 5 heteroatoms. The maximum Gasteiger partial charge on any atom is 0.236 e. The van der Waals surface area contributed by atoms with Crippen LogP contribution >= 0.6 is 12.2 Å². The van der Waals surface area contributed by atoms with Gasteiger partial charge in [0.1, 0.15) is 5.92 Å². The van der Waals surface area contributed by atoms with Crippen LogP contribution < -0.4 is 5.73 Å². The van der Waals surface area contributed by atoms with E-state index in [1.807, 2.05) is 30.3 Å². The summed E-state index contributed by atoms with van der Waals surface area (Å²) in [6.45, 7) is 1.37. The Bertz CT molecular complexity index is 486. The summed E-state index contributed by atoms with van der Waals surface area (Å²) < 4.78 is 5.69. The van der Waals surface area contributed by atoms with Gasteiger partial charge in [-0.25, -0.2) is 0 Å². The van der Waals surface area contributed by atoms with Crippen LogP contribution in [0.2, 0.25) is 0 Å². The van der Waals surface area contributed by atoms with Crippen LogP contribution in [0.1, 0.15) is 30.7 Å². The predicted octanol–water partition coefficient (Wildman–Crippen LogP) is 2.08. The summed E-state index contributed by atoms with van der Waals surface area (Å²) in [6.07, 6.45) is 3.38. The summed E-state index contributed by atoms with van der Waals surface area (Å²) in [5.74, 6) is -0.627. The van der Waals surface area contributed by atoms with Gasteiger partial charge in [-0.1, -0.05) is 42.5 Å². The smallest absolute Gasteiger partial charge is 0.236 e. The quantitative estimate of drug-likeness (QED) is 0.846. The van der Waals surface area contributed by atoms with Crippen LogP contribution in [0.15, 0.2) is 30.3 Å². The van der Waals surface area contributed by atoms with Crippen molar-refractivity contribution in [3.63, 3.8) is 0 Å². The molecule has 2 unspecified atom stereocenters. The molecule has 0 spiro atoms. The zero-order chi connectivity index (χ0) is 15.2. The van der Waals surface area contributed by atoms with Gasteiger partial charge in [-0.05, 0) is 24.8 Å². The molecule has 1 amide bonds. The van der Waals surface area contributed by atoms with Crippen LogP contribution in [0.5, 0.6) is 0 Å². The Morgan fingerprint density at radius 1 is 1.43 bits per heavy atom. The molecule has 114 valence electrons. The maximum absolute atomic E-state index is 12.7. The second kappa shape index (κ2) is 7.52. The first-order valence-corrected chi connectivity index (χ1v) is 7.71. The fourth-order valence-corrected chi connectivity index (χ4v) is 2.88. The van der Waals surface area contributed by atoms with E-state index in [2.05, 4.69) is 0 Å². The van der Waals surface area contributed by atoms with Crippen molar-refractivity contribution < 1.29 is 9.53 Å². The highest BCUT2D eigenvalue weighted by Gasteiger charge is 2.28. The van der Waals surface area contributed by atoms with Gasteiger partial charge in [0.25, 0.3) is 0 Å². The Kier molecular flexibility index (Phi) is 5.70. The fraction of sp³-hybridized carbons (Fsp3) is 0.500. The summed E-state index contributed by atoms with van der Waals surface area (Å²) in [5, 5.41) is 0. The molecule has 1 fully saturated rings. The number of nitrogens with zero attached hydrogens (tertiary/aromatic N) is 1. The number of rotatable bonds is 5. The van der Waals surface area contributed by atoms with Crippen molar-refractivity contribution >= 4 is 23.1 Å². The van der Waals surface area contributed by atoms with Gasteiger partial charge < -0.3 is 15.4 Å². The third kappa shape index (κ3) is 4.25. The monoisotopic (exact) mass is 306 g/mol. The van der Waals surface area contributed by atoms with Gasteiger partial charge in [0, 0.05) is 20.2 Å². The highest BCUT2D eigenvalue weighted by Crippen LogP contribution is 2.20. The molecule has 1 aliphatic rings. The third-order valence-corrected chi connectivity index (χ3v) is 4.03. The number of likely N-dealkylation sites (N-methyl/N-ethyl adjacent to an activating group) is 1.